The Labute approximate surface area is 112 Å². The third kappa shape index (κ3) is 9.11. The molecule has 0 aliphatic carbocycles. The van der Waals surface area contributed by atoms with Crippen LogP contribution in [-0.4, -0.2) is 24.4 Å². The highest BCUT2D eigenvalue weighted by molar-refractivity contribution is 5.03. The first kappa shape index (κ1) is 17.0. The molecule has 0 saturated heterocycles. The lowest BCUT2D eigenvalue weighted by molar-refractivity contribution is 0.0191. The fourth-order valence-electron chi connectivity index (χ4n) is 1.30. The van der Waals surface area contributed by atoms with Gasteiger partial charge in [0.05, 0.1) is 0 Å². The average Bonchev–Trinajstić information content (AvgIpc) is 2.32. The number of ether oxygens (including phenoxy) is 2. The van der Waals surface area contributed by atoms with E-state index < -0.39 is 11.2 Å². The first-order valence-corrected chi connectivity index (χ1v) is 6.56. The van der Waals surface area contributed by atoms with Gasteiger partial charge in [0.15, 0.2) is 0 Å². The van der Waals surface area contributed by atoms with Crippen molar-refractivity contribution in [1.82, 2.24) is 0 Å². The summed E-state index contributed by atoms with van der Waals surface area (Å²) in [5, 5.41) is 0. The Bertz CT molecular complexity index is 270. The molecular weight excluding hydrogens is 224 g/mol. The summed E-state index contributed by atoms with van der Waals surface area (Å²) >= 11 is 0. The molecule has 0 saturated carbocycles. The number of terminal acetylenes is 2. The summed E-state index contributed by atoms with van der Waals surface area (Å²) in [5.41, 5.74) is -0.889. The molecule has 0 amide bonds. The van der Waals surface area contributed by atoms with E-state index in [1.807, 2.05) is 27.7 Å². The van der Waals surface area contributed by atoms with Crippen molar-refractivity contribution in [3.63, 3.8) is 0 Å². The molecule has 0 bridgehead atoms. The van der Waals surface area contributed by atoms with Crippen molar-refractivity contribution in [2.24, 2.45) is 0 Å². The van der Waals surface area contributed by atoms with Gasteiger partial charge in [-0.05, 0) is 40.5 Å². The monoisotopic (exact) mass is 250 g/mol. The van der Waals surface area contributed by atoms with E-state index >= 15 is 0 Å². The summed E-state index contributed by atoms with van der Waals surface area (Å²) < 4.78 is 11.1. The third-order valence-corrected chi connectivity index (χ3v) is 2.66. The van der Waals surface area contributed by atoms with Crippen LogP contribution in [0.2, 0.25) is 0 Å². The number of unbranched alkanes of at least 4 members (excludes halogenated alkanes) is 3. The second kappa shape index (κ2) is 8.20. The zero-order valence-electron chi connectivity index (χ0n) is 12.2. The van der Waals surface area contributed by atoms with Crippen LogP contribution >= 0.6 is 0 Å². The zero-order valence-corrected chi connectivity index (χ0v) is 12.2. The van der Waals surface area contributed by atoms with E-state index in [1.54, 1.807) is 0 Å². The fourth-order valence-corrected chi connectivity index (χ4v) is 1.30. The van der Waals surface area contributed by atoms with Crippen molar-refractivity contribution in [2.75, 3.05) is 13.2 Å². The van der Waals surface area contributed by atoms with Gasteiger partial charge in [0.2, 0.25) is 0 Å². The molecule has 0 radical (unpaired) electrons. The lowest BCUT2D eigenvalue weighted by Gasteiger charge is -2.19. The Kier molecular flexibility index (Phi) is 7.76. The van der Waals surface area contributed by atoms with Gasteiger partial charge in [0.25, 0.3) is 0 Å². The SMILES string of the molecule is C#CC(C)(C)OCCCCCCOC(C)(C)C#C. The van der Waals surface area contributed by atoms with E-state index in [2.05, 4.69) is 11.8 Å². The Hall–Kier alpha value is -0.960. The van der Waals surface area contributed by atoms with Crippen LogP contribution in [-0.2, 0) is 9.47 Å². The third-order valence-electron chi connectivity index (χ3n) is 2.66. The first-order valence-electron chi connectivity index (χ1n) is 6.56. The molecule has 0 aromatic carbocycles. The van der Waals surface area contributed by atoms with Gasteiger partial charge in [-0.2, -0.15) is 0 Å². The molecule has 0 aliphatic rings. The molecule has 18 heavy (non-hydrogen) atoms. The van der Waals surface area contributed by atoms with Gasteiger partial charge in [-0.25, -0.2) is 0 Å². The van der Waals surface area contributed by atoms with E-state index in [9.17, 15) is 0 Å². The van der Waals surface area contributed by atoms with Gasteiger partial charge in [-0.1, -0.05) is 24.7 Å². The largest absolute Gasteiger partial charge is 0.363 e. The molecule has 0 spiro atoms. The molecule has 0 aromatic heterocycles. The molecule has 2 nitrogen and oxygen atoms in total. The van der Waals surface area contributed by atoms with Crippen molar-refractivity contribution in [1.29, 1.82) is 0 Å². The maximum absolute atomic E-state index is 5.56. The Morgan fingerprint density at radius 3 is 1.33 bits per heavy atom. The predicted octanol–water partition coefficient (Wildman–Crippen LogP) is 3.40. The summed E-state index contributed by atoms with van der Waals surface area (Å²) in [5.74, 6) is 5.23. The summed E-state index contributed by atoms with van der Waals surface area (Å²) in [4.78, 5) is 0. The van der Waals surface area contributed by atoms with Crippen LogP contribution in [0.5, 0.6) is 0 Å². The van der Waals surface area contributed by atoms with Crippen LogP contribution in [0.3, 0.4) is 0 Å². The molecule has 0 N–H and O–H groups in total. The molecule has 0 atom stereocenters. The maximum atomic E-state index is 5.56. The van der Waals surface area contributed by atoms with Crippen LogP contribution in [0.4, 0.5) is 0 Å². The second-order valence-corrected chi connectivity index (χ2v) is 5.42. The number of rotatable bonds is 9. The lowest BCUT2D eigenvalue weighted by atomic mass is 10.1. The second-order valence-electron chi connectivity index (χ2n) is 5.42. The lowest BCUT2D eigenvalue weighted by Crippen LogP contribution is -2.22. The molecule has 2 heteroatoms. The van der Waals surface area contributed by atoms with Crippen LogP contribution < -0.4 is 0 Å². The fraction of sp³-hybridized carbons (Fsp3) is 0.750. The highest BCUT2D eigenvalue weighted by Gasteiger charge is 2.13. The van der Waals surface area contributed by atoms with E-state index in [0.29, 0.717) is 13.2 Å². The van der Waals surface area contributed by atoms with Gasteiger partial charge in [0.1, 0.15) is 11.2 Å². The molecule has 102 valence electrons. The molecule has 0 rings (SSSR count). The van der Waals surface area contributed by atoms with Gasteiger partial charge in [-0.3, -0.25) is 0 Å². The Balaban J connectivity index is 3.39. The molecule has 0 aliphatic heterocycles. The smallest absolute Gasteiger partial charge is 0.122 e. The van der Waals surface area contributed by atoms with E-state index in [1.165, 1.54) is 0 Å². The van der Waals surface area contributed by atoms with E-state index in [4.69, 9.17) is 22.3 Å². The van der Waals surface area contributed by atoms with Gasteiger partial charge in [-0.15, -0.1) is 12.8 Å². The zero-order chi connectivity index (χ0) is 14.1. The molecular formula is C16H26O2. The van der Waals surface area contributed by atoms with Crippen LogP contribution in [0.15, 0.2) is 0 Å². The molecule has 0 heterocycles. The first-order chi connectivity index (χ1) is 8.33. The van der Waals surface area contributed by atoms with Gasteiger partial charge >= 0.3 is 0 Å². The highest BCUT2D eigenvalue weighted by Crippen LogP contribution is 2.11. The van der Waals surface area contributed by atoms with Crippen molar-refractivity contribution >= 4 is 0 Å². The van der Waals surface area contributed by atoms with Crippen molar-refractivity contribution < 1.29 is 9.47 Å². The summed E-state index contributed by atoms with van der Waals surface area (Å²) in [6.07, 6.45) is 15.0. The quantitative estimate of drug-likeness (QED) is 0.461. The maximum Gasteiger partial charge on any atom is 0.122 e. The topological polar surface area (TPSA) is 18.5 Å². The minimum Gasteiger partial charge on any atom is -0.363 e. The summed E-state index contributed by atoms with van der Waals surface area (Å²) in [6.45, 7) is 9.05. The summed E-state index contributed by atoms with van der Waals surface area (Å²) in [7, 11) is 0. The van der Waals surface area contributed by atoms with E-state index in [-0.39, 0.29) is 0 Å². The number of hydrogen-bond donors (Lipinski definition) is 0. The van der Waals surface area contributed by atoms with Gasteiger partial charge < -0.3 is 9.47 Å². The predicted molar refractivity (Wildman–Crippen MR) is 76.2 cm³/mol. The Morgan fingerprint density at radius 1 is 0.722 bits per heavy atom. The van der Waals surface area contributed by atoms with Crippen LogP contribution in [0, 0.1) is 24.7 Å². The summed E-state index contributed by atoms with van der Waals surface area (Å²) in [6, 6.07) is 0. The molecule has 0 fully saturated rings. The van der Waals surface area contributed by atoms with E-state index in [0.717, 1.165) is 25.7 Å². The standard InChI is InChI=1S/C16H26O2/c1-7-15(3,4)17-13-11-9-10-12-14-18-16(5,6)8-2/h1-2H,9-14H2,3-6H3. The van der Waals surface area contributed by atoms with Crippen LogP contribution in [0.1, 0.15) is 53.4 Å². The van der Waals surface area contributed by atoms with Gasteiger partial charge in [0, 0.05) is 13.2 Å². The normalized spacial score (nSPS) is 11.9. The van der Waals surface area contributed by atoms with Crippen molar-refractivity contribution in [3.05, 3.63) is 0 Å². The molecule has 0 aromatic rings. The minimum absolute atomic E-state index is 0.445. The van der Waals surface area contributed by atoms with Crippen LogP contribution in [0.25, 0.3) is 0 Å². The number of hydrogen-bond acceptors (Lipinski definition) is 2. The van der Waals surface area contributed by atoms with Crippen molar-refractivity contribution in [2.45, 2.75) is 64.6 Å². The molecule has 0 unspecified atom stereocenters. The Morgan fingerprint density at radius 2 is 1.06 bits per heavy atom. The average molecular weight is 250 g/mol. The van der Waals surface area contributed by atoms with Crippen molar-refractivity contribution in [3.8, 4) is 24.7 Å². The minimum atomic E-state index is -0.445. The highest BCUT2D eigenvalue weighted by atomic mass is 16.5.